The second kappa shape index (κ2) is 26.6. The van der Waals surface area contributed by atoms with Gasteiger partial charge in [0.1, 0.15) is 0 Å². The van der Waals surface area contributed by atoms with E-state index in [9.17, 15) is 0 Å². The van der Waals surface area contributed by atoms with Crippen LogP contribution in [0.15, 0.2) is 400 Å². The highest BCUT2D eigenvalue weighted by Gasteiger charge is 2.35. The maximum atomic E-state index is 2.42. The van der Waals surface area contributed by atoms with Crippen molar-refractivity contribution in [2.45, 2.75) is 19.3 Å². The van der Waals surface area contributed by atoms with Crippen molar-refractivity contribution in [3.05, 3.63) is 412 Å². The van der Waals surface area contributed by atoms with Gasteiger partial charge in [-0.25, -0.2) is 0 Å². The van der Waals surface area contributed by atoms with Gasteiger partial charge in [-0.05, 0) is 206 Å². The van der Waals surface area contributed by atoms with Crippen molar-refractivity contribution < 1.29 is 0 Å². The average molecular weight is 1310 g/mol. The van der Waals surface area contributed by atoms with E-state index in [0.717, 1.165) is 0 Å². The van der Waals surface area contributed by atoms with E-state index in [-0.39, 0.29) is 5.41 Å². The van der Waals surface area contributed by atoms with Crippen LogP contribution in [0, 0.1) is 0 Å². The van der Waals surface area contributed by atoms with Crippen LogP contribution < -0.4 is 0 Å². The quantitative estimate of drug-likeness (QED) is 0.113. The van der Waals surface area contributed by atoms with Crippen LogP contribution in [0.5, 0.6) is 0 Å². The van der Waals surface area contributed by atoms with Gasteiger partial charge in [0, 0.05) is 5.41 Å². The van der Waals surface area contributed by atoms with Crippen LogP contribution in [0.3, 0.4) is 0 Å². The second-order valence-corrected chi connectivity index (χ2v) is 27.8. The Balaban J connectivity index is 0.000000154. The molecule has 0 nitrogen and oxygen atoms in total. The largest absolute Gasteiger partial charge is 0.0622 e. The van der Waals surface area contributed by atoms with Crippen molar-refractivity contribution in [3.63, 3.8) is 0 Å². The summed E-state index contributed by atoms with van der Waals surface area (Å²) < 4.78 is 0. The average Bonchev–Trinajstić information content (AvgIpc) is 1.35. The Morgan fingerprint density at radius 2 is 0.340 bits per heavy atom. The summed E-state index contributed by atoms with van der Waals surface area (Å²) in [5.74, 6) is 0. The summed E-state index contributed by atoms with van der Waals surface area (Å²) in [5.41, 5.74) is 32.6. The van der Waals surface area contributed by atoms with Gasteiger partial charge in [-0.15, -0.1) is 0 Å². The molecule has 1 aliphatic carbocycles. The van der Waals surface area contributed by atoms with Crippen molar-refractivity contribution in [2.24, 2.45) is 0 Å². The number of hydrogen-bond acceptors (Lipinski definition) is 0. The van der Waals surface area contributed by atoms with Crippen LogP contribution in [0.1, 0.15) is 25.0 Å². The Morgan fingerprint density at radius 1 is 0.136 bits per heavy atom. The molecular weight excluding hydrogens is 1240 g/mol. The van der Waals surface area contributed by atoms with Gasteiger partial charge in [0.15, 0.2) is 0 Å². The van der Waals surface area contributed by atoms with Gasteiger partial charge in [0.2, 0.25) is 0 Å². The number of benzene rings is 18. The molecule has 0 saturated carbocycles. The zero-order valence-electron chi connectivity index (χ0n) is 57.6. The lowest BCUT2D eigenvalue weighted by molar-refractivity contribution is 0.660. The van der Waals surface area contributed by atoms with E-state index in [1.54, 1.807) is 0 Å². The minimum absolute atomic E-state index is 0.0283. The molecule has 103 heavy (non-hydrogen) atoms. The summed E-state index contributed by atoms with van der Waals surface area (Å²) in [5, 5.41) is 10.1. The van der Waals surface area contributed by atoms with Crippen molar-refractivity contribution in [1.29, 1.82) is 0 Å². The molecule has 0 heteroatoms. The topological polar surface area (TPSA) is 0 Å². The lowest BCUT2D eigenvalue weighted by Crippen LogP contribution is -2.14. The van der Waals surface area contributed by atoms with Gasteiger partial charge >= 0.3 is 0 Å². The molecule has 0 aliphatic heterocycles. The SMILES string of the molecule is CC1(C)c2ccccc2-c2ccc(-c3ccc(-c4ccc5c(-c6ccc(-c7ccccc7)cc6)c6ccccc6c(-c6ccc(-c7ccccc7)cc6)c5c4)cc3)cc21.c1ccc(-c2ccc(-c3c4ccccc4c(-c4ccc(-c5ccccc5)cc4)c4cc(-c5ccccc5)ccc34)cc2)cc1. The highest BCUT2D eigenvalue weighted by molar-refractivity contribution is 6.23. The predicted molar refractivity (Wildman–Crippen MR) is 440 cm³/mol. The Morgan fingerprint density at radius 3 is 0.670 bits per heavy atom. The molecule has 1 aliphatic rings. The minimum Gasteiger partial charge on any atom is -0.0622 e. The molecule has 0 amide bonds. The Hall–Kier alpha value is -13.0. The molecule has 0 fully saturated rings. The smallest absolute Gasteiger partial charge is 0.0159 e. The summed E-state index contributed by atoms with van der Waals surface area (Å²) >= 11 is 0. The zero-order valence-corrected chi connectivity index (χ0v) is 57.6. The first-order valence-electron chi connectivity index (χ1n) is 35.9. The van der Waals surface area contributed by atoms with Crippen molar-refractivity contribution in [2.75, 3.05) is 0 Å². The number of fused-ring (bicyclic) bond motifs is 7. The van der Waals surface area contributed by atoms with E-state index < -0.39 is 0 Å². The molecule has 484 valence electrons. The first-order chi connectivity index (χ1) is 50.8. The van der Waals surface area contributed by atoms with Gasteiger partial charge in [0.05, 0.1) is 0 Å². The van der Waals surface area contributed by atoms with Crippen LogP contribution in [-0.4, -0.2) is 0 Å². The molecule has 0 atom stereocenters. The van der Waals surface area contributed by atoms with Gasteiger partial charge in [-0.2, -0.15) is 0 Å². The standard InChI is InChI=1S/C59H42.C44H30/c1-59(2)55-20-12-11-17-49(55)50-35-33-48(38-56(50)59)44-23-21-43(22-24-44)47-34-36-53-54(37-47)58(46-31-27-42(28-32-46)40-15-7-4-8-16-40)52-19-10-9-18-51(52)57(53)45-29-25-41(26-30-45)39-13-5-3-6-14-39;1-4-12-31(13-5-1)34-20-24-36(25-21-34)43-39-18-10-11-19-40(39)44(37-26-22-35(23-27-37)32-14-6-2-7-15-32)42-30-38(28-29-41(42)43)33-16-8-3-9-17-33/h3-38H,1-2H3;1-30H. The van der Waals surface area contributed by atoms with Crippen LogP contribution in [-0.2, 0) is 5.41 Å². The Bertz CT molecular complexity index is 6140. The molecule has 0 heterocycles. The molecular formula is C103H72. The van der Waals surface area contributed by atoms with E-state index in [1.165, 1.54) is 188 Å². The number of hydrogen-bond donors (Lipinski definition) is 0. The maximum absolute atomic E-state index is 2.42. The first kappa shape index (κ1) is 62.3. The van der Waals surface area contributed by atoms with E-state index >= 15 is 0 Å². The van der Waals surface area contributed by atoms with Gasteiger partial charge in [-0.1, -0.05) is 396 Å². The molecule has 0 aromatic heterocycles. The third-order valence-corrected chi connectivity index (χ3v) is 21.4. The van der Waals surface area contributed by atoms with E-state index in [4.69, 9.17) is 0 Å². The van der Waals surface area contributed by atoms with Crippen LogP contribution >= 0.6 is 0 Å². The fraction of sp³-hybridized carbons (Fsp3) is 0.0291. The molecule has 18 aromatic carbocycles. The van der Waals surface area contributed by atoms with Gasteiger partial charge in [-0.3, -0.25) is 0 Å². The van der Waals surface area contributed by atoms with E-state index in [0.29, 0.717) is 0 Å². The second-order valence-electron chi connectivity index (χ2n) is 27.8. The first-order valence-corrected chi connectivity index (χ1v) is 35.9. The fourth-order valence-corrected chi connectivity index (χ4v) is 16.2. The van der Waals surface area contributed by atoms with Crippen molar-refractivity contribution in [3.8, 4) is 134 Å². The molecule has 18 aromatic rings. The van der Waals surface area contributed by atoms with Crippen molar-refractivity contribution >= 4 is 43.1 Å². The highest BCUT2D eigenvalue weighted by Crippen LogP contribution is 2.51. The molecule has 0 N–H and O–H groups in total. The van der Waals surface area contributed by atoms with Gasteiger partial charge in [0.25, 0.3) is 0 Å². The summed E-state index contributed by atoms with van der Waals surface area (Å²) in [6, 6.07) is 147. The Kier molecular flexibility index (Phi) is 16.1. The third kappa shape index (κ3) is 11.6. The minimum atomic E-state index is -0.0283. The summed E-state index contributed by atoms with van der Waals surface area (Å²) in [6.45, 7) is 4.70. The highest BCUT2D eigenvalue weighted by atomic mass is 14.4. The van der Waals surface area contributed by atoms with Crippen LogP contribution in [0.25, 0.3) is 177 Å². The van der Waals surface area contributed by atoms with Crippen LogP contribution in [0.2, 0.25) is 0 Å². The maximum Gasteiger partial charge on any atom is 0.0159 e. The fourth-order valence-electron chi connectivity index (χ4n) is 16.2. The van der Waals surface area contributed by atoms with E-state index in [1.807, 2.05) is 0 Å². The lowest BCUT2D eigenvalue weighted by Gasteiger charge is -2.22. The molecule has 19 rings (SSSR count). The summed E-state index contributed by atoms with van der Waals surface area (Å²) in [7, 11) is 0. The van der Waals surface area contributed by atoms with Crippen LogP contribution in [0.4, 0.5) is 0 Å². The molecule has 0 radical (unpaired) electrons. The third-order valence-electron chi connectivity index (χ3n) is 21.4. The normalized spacial score (nSPS) is 12.1. The summed E-state index contributed by atoms with van der Waals surface area (Å²) in [6.07, 6.45) is 0. The molecule has 0 bridgehead atoms. The van der Waals surface area contributed by atoms with Crippen molar-refractivity contribution in [1.82, 2.24) is 0 Å². The monoisotopic (exact) mass is 1310 g/mol. The van der Waals surface area contributed by atoms with E-state index in [2.05, 4.69) is 414 Å². The lowest BCUT2D eigenvalue weighted by atomic mass is 9.81. The predicted octanol–water partition coefficient (Wildman–Crippen LogP) is 28.6. The molecule has 0 spiro atoms. The molecule has 0 unspecified atom stereocenters. The molecule has 0 saturated heterocycles. The number of rotatable bonds is 11. The Labute approximate surface area is 603 Å². The zero-order chi connectivity index (χ0) is 68.8. The summed E-state index contributed by atoms with van der Waals surface area (Å²) in [4.78, 5) is 0. The van der Waals surface area contributed by atoms with Gasteiger partial charge < -0.3 is 0 Å².